The molecule has 0 saturated carbocycles. The molecule has 1 unspecified atom stereocenters. The number of benzene rings is 2. The smallest absolute Gasteiger partial charge is 0.128 e. The lowest BCUT2D eigenvalue weighted by atomic mass is 10.0. The molecule has 0 saturated heterocycles. The topological polar surface area (TPSA) is 29.3 Å². The first kappa shape index (κ1) is 15.5. The van der Waals surface area contributed by atoms with Crippen molar-refractivity contribution in [2.24, 2.45) is 5.73 Å². The van der Waals surface area contributed by atoms with Gasteiger partial charge in [-0.05, 0) is 51.5 Å². The van der Waals surface area contributed by atoms with Crippen LogP contribution in [0.5, 0.6) is 0 Å². The van der Waals surface area contributed by atoms with E-state index in [1.165, 1.54) is 11.6 Å². The van der Waals surface area contributed by atoms with Crippen LogP contribution >= 0.6 is 0 Å². The summed E-state index contributed by atoms with van der Waals surface area (Å²) in [6.45, 7) is 6.81. The van der Waals surface area contributed by atoms with Crippen LogP contribution in [-0.4, -0.2) is 12.6 Å². The lowest BCUT2D eigenvalue weighted by Gasteiger charge is -2.27. The summed E-state index contributed by atoms with van der Waals surface area (Å²) >= 11 is 0. The third kappa shape index (κ3) is 3.61. The highest BCUT2D eigenvalue weighted by molar-refractivity contribution is 5.67. The van der Waals surface area contributed by atoms with Crippen LogP contribution in [-0.2, 0) is 6.42 Å². The van der Waals surface area contributed by atoms with Gasteiger partial charge in [-0.2, -0.15) is 0 Å². The van der Waals surface area contributed by atoms with Crippen LogP contribution < -0.4 is 10.6 Å². The van der Waals surface area contributed by atoms with Crippen molar-refractivity contribution in [1.82, 2.24) is 0 Å². The van der Waals surface area contributed by atoms with Crippen LogP contribution in [0.2, 0.25) is 0 Å². The summed E-state index contributed by atoms with van der Waals surface area (Å²) in [5, 5.41) is 0. The van der Waals surface area contributed by atoms with E-state index in [1.54, 1.807) is 6.07 Å². The second-order valence-corrected chi connectivity index (χ2v) is 5.50. The standard InChI is InChI=1S/C18H23FN2/c1-4-21(15-10-8-13(2)9-11-15)18-7-5-6-17(19)16(18)12-14(3)20/h5-11,14H,4,12,20H2,1-3H3. The van der Waals surface area contributed by atoms with E-state index < -0.39 is 0 Å². The van der Waals surface area contributed by atoms with Crippen LogP contribution in [0.15, 0.2) is 42.5 Å². The molecule has 2 nitrogen and oxygen atoms in total. The predicted octanol–water partition coefficient (Wildman–Crippen LogP) is 4.18. The number of nitrogens with zero attached hydrogens (tertiary/aromatic N) is 1. The Balaban J connectivity index is 2.47. The Kier molecular flexibility index (Phi) is 4.97. The number of aryl methyl sites for hydroxylation is 1. The molecule has 0 amide bonds. The Morgan fingerprint density at radius 2 is 1.81 bits per heavy atom. The van der Waals surface area contributed by atoms with Gasteiger partial charge in [0, 0.05) is 29.5 Å². The molecule has 2 aromatic rings. The first-order valence-corrected chi connectivity index (χ1v) is 7.40. The zero-order chi connectivity index (χ0) is 15.4. The first-order chi connectivity index (χ1) is 10.0. The number of halogens is 1. The molecule has 21 heavy (non-hydrogen) atoms. The zero-order valence-electron chi connectivity index (χ0n) is 12.9. The van der Waals surface area contributed by atoms with Gasteiger partial charge < -0.3 is 10.6 Å². The maximum absolute atomic E-state index is 14.2. The highest BCUT2D eigenvalue weighted by Crippen LogP contribution is 2.30. The molecule has 2 rings (SSSR count). The summed E-state index contributed by atoms with van der Waals surface area (Å²) < 4.78 is 14.2. The fourth-order valence-corrected chi connectivity index (χ4v) is 2.54. The molecule has 0 aliphatic carbocycles. The van der Waals surface area contributed by atoms with Crippen molar-refractivity contribution in [2.75, 3.05) is 11.4 Å². The van der Waals surface area contributed by atoms with E-state index in [1.807, 2.05) is 13.0 Å². The van der Waals surface area contributed by atoms with Gasteiger partial charge in [-0.1, -0.05) is 23.8 Å². The zero-order valence-corrected chi connectivity index (χ0v) is 12.9. The summed E-state index contributed by atoms with van der Waals surface area (Å²) in [7, 11) is 0. The van der Waals surface area contributed by atoms with Crippen molar-refractivity contribution in [3.05, 3.63) is 59.4 Å². The van der Waals surface area contributed by atoms with Gasteiger partial charge in [-0.3, -0.25) is 0 Å². The molecular weight excluding hydrogens is 263 g/mol. The third-order valence-corrected chi connectivity index (χ3v) is 3.57. The van der Waals surface area contributed by atoms with Gasteiger partial charge in [0.1, 0.15) is 5.82 Å². The number of nitrogens with two attached hydrogens (primary N) is 1. The lowest BCUT2D eigenvalue weighted by molar-refractivity contribution is 0.596. The fourth-order valence-electron chi connectivity index (χ4n) is 2.54. The van der Waals surface area contributed by atoms with E-state index in [-0.39, 0.29) is 11.9 Å². The van der Waals surface area contributed by atoms with E-state index >= 15 is 0 Å². The van der Waals surface area contributed by atoms with E-state index in [4.69, 9.17) is 5.73 Å². The highest BCUT2D eigenvalue weighted by Gasteiger charge is 2.16. The van der Waals surface area contributed by atoms with E-state index in [0.717, 1.165) is 17.9 Å². The molecule has 112 valence electrons. The van der Waals surface area contributed by atoms with Crippen molar-refractivity contribution < 1.29 is 4.39 Å². The fraction of sp³-hybridized carbons (Fsp3) is 0.333. The lowest BCUT2D eigenvalue weighted by Crippen LogP contribution is -2.23. The molecule has 0 aliphatic rings. The molecule has 0 spiro atoms. The quantitative estimate of drug-likeness (QED) is 0.893. The number of rotatable bonds is 5. The Hall–Kier alpha value is -1.87. The largest absolute Gasteiger partial charge is 0.341 e. The molecule has 0 bridgehead atoms. The number of hydrogen-bond acceptors (Lipinski definition) is 2. The molecule has 2 N–H and O–H groups in total. The van der Waals surface area contributed by atoms with Gasteiger partial charge in [-0.25, -0.2) is 4.39 Å². The average molecular weight is 286 g/mol. The summed E-state index contributed by atoms with van der Waals surface area (Å²) in [4.78, 5) is 2.13. The van der Waals surface area contributed by atoms with Crippen LogP contribution in [0.3, 0.4) is 0 Å². The Morgan fingerprint density at radius 3 is 2.38 bits per heavy atom. The van der Waals surface area contributed by atoms with Crippen molar-refractivity contribution in [2.45, 2.75) is 33.2 Å². The monoisotopic (exact) mass is 286 g/mol. The van der Waals surface area contributed by atoms with Crippen LogP contribution in [0, 0.1) is 12.7 Å². The Morgan fingerprint density at radius 1 is 1.14 bits per heavy atom. The van der Waals surface area contributed by atoms with E-state index in [0.29, 0.717) is 12.0 Å². The van der Waals surface area contributed by atoms with E-state index in [9.17, 15) is 4.39 Å². The van der Waals surface area contributed by atoms with Gasteiger partial charge >= 0.3 is 0 Å². The SMILES string of the molecule is CCN(c1ccc(C)cc1)c1cccc(F)c1CC(C)N. The van der Waals surface area contributed by atoms with Gasteiger partial charge in [0.25, 0.3) is 0 Å². The molecule has 0 radical (unpaired) electrons. The number of hydrogen-bond donors (Lipinski definition) is 1. The number of anilines is 2. The highest BCUT2D eigenvalue weighted by atomic mass is 19.1. The summed E-state index contributed by atoms with van der Waals surface area (Å²) in [6, 6.07) is 13.4. The van der Waals surface area contributed by atoms with Crippen molar-refractivity contribution in [1.29, 1.82) is 0 Å². The second-order valence-electron chi connectivity index (χ2n) is 5.50. The van der Waals surface area contributed by atoms with Crippen LogP contribution in [0.4, 0.5) is 15.8 Å². The second kappa shape index (κ2) is 6.72. The molecule has 0 aromatic heterocycles. The van der Waals surface area contributed by atoms with Crippen molar-refractivity contribution in [3.63, 3.8) is 0 Å². The van der Waals surface area contributed by atoms with Gasteiger partial charge in [-0.15, -0.1) is 0 Å². The van der Waals surface area contributed by atoms with Crippen molar-refractivity contribution in [3.8, 4) is 0 Å². The normalized spacial score (nSPS) is 12.2. The first-order valence-electron chi connectivity index (χ1n) is 7.40. The molecule has 0 fully saturated rings. The van der Waals surface area contributed by atoms with Gasteiger partial charge in [0.2, 0.25) is 0 Å². The molecule has 0 aliphatic heterocycles. The Labute approximate surface area is 126 Å². The average Bonchev–Trinajstić information content (AvgIpc) is 2.45. The minimum Gasteiger partial charge on any atom is -0.341 e. The molecule has 1 atom stereocenters. The minimum absolute atomic E-state index is 0.0719. The maximum atomic E-state index is 14.2. The maximum Gasteiger partial charge on any atom is 0.128 e. The Bertz CT molecular complexity index is 591. The van der Waals surface area contributed by atoms with E-state index in [2.05, 4.69) is 43.0 Å². The summed E-state index contributed by atoms with van der Waals surface area (Å²) in [5.74, 6) is -0.185. The van der Waals surface area contributed by atoms with Gasteiger partial charge in [0.15, 0.2) is 0 Å². The molecular formula is C18H23FN2. The van der Waals surface area contributed by atoms with Crippen LogP contribution in [0.25, 0.3) is 0 Å². The molecule has 2 aromatic carbocycles. The summed E-state index contributed by atoms with van der Waals surface area (Å²) in [6.07, 6.45) is 0.532. The third-order valence-electron chi connectivity index (χ3n) is 3.57. The minimum atomic E-state index is -0.185. The van der Waals surface area contributed by atoms with Gasteiger partial charge in [0.05, 0.1) is 0 Å². The predicted molar refractivity (Wildman–Crippen MR) is 87.6 cm³/mol. The molecule has 0 heterocycles. The van der Waals surface area contributed by atoms with Crippen molar-refractivity contribution >= 4 is 11.4 Å². The molecule has 3 heteroatoms. The van der Waals surface area contributed by atoms with Crippen LogP contribution in [0.1, 0.15) is 25.0 Å². The summed E-state index contributed by atoms with van der Waals surface area (Å²) in [5.41, 5.74) is 9.75.